The van der Waals surface area contributed by atoms with E-state index < -0.39 is 6.10 Å². The van der Waals surface area contributed by atoms with Crippen LogP contribution >= 0.6 is 12.4 Å². The van der Waals surface area contributed by atoms with E-state index in [1.807, 2.05) is 6.92 Å². The van der Waals surface area contributed by atoms with Gasteiger partial charge in [0.2, 0.25) is 0 Å². The first-order valence-electron chi connectivity index (χ1n) is 3.57. The summed E-state index contributed by atoms with van der Waals surface area (Å²) in [5.74, 6) is 0.0573. The van der Waals surface area contributed by atoms with Crippen LogP contribution in [0, 0.1) is 0 Å². The van der Waals surface area contributed by atoms with Crippen molar-refractivity contribution in [1.82, 2.24) is 4.98 Å². The second-order valence-electron chi connectivity index (χ2n) is 2.33. The minimum absolute atomic E-state index is 0. The summed E-state index contributed by atoms with van der Waals surface area (Å²) in [7, 11) is 0. The van der Waals surface area contributed by atoms with Crippen molar-refractivity contribution in [3.63, 3.8) is 0 Å². The molecule has 1 aromatic rings. The molecule has 0 saturated heterocycles. The molecule has 0 spiro atoms. The van der Waals surface area contributed by atoms with Crippen molar-refractivity contribution in [3.8, 4) is 5.75 Å². The number of nitrogens with zero attached hydrogens (tertiary/aromatic N) is 1. The molecule has 0 amide bonds. The number of aromatic hydroxyl groups is 1. The van der Waals surface area contributed by atoms with Crippen LogP contribution in [-0.4, -0.2) is 15.2 Å². The van der Waals surface area contributed by atoms with Crippen molar-refractivity contribution < 1.29 is 10.2 Å². The minimum Gasteiger partial charge on any atom is -0.506 e. The SMILES string of the molecule is CCC(O)c1ncccc1O.Cl. The van der Waals surface area contributed by atoms with Gasteiger partial charge in [0, 0.05) is 6.20 Å². The van der Waals surface area contributed by atoms with Gasteiger partial charge in [0.05, 0.1) is 6.10 Å². The maximum atomic E-state index is 9.29. The van der Waals surface area contributed by atoms with E-state index >= 15 is 0 Å². The fourth-order valence-electron chi connectivity index (χ4n) is 0.859. The first-order chi connectivity index (χ1) is 5.25. The van der Waals surface area contributed by atoms with Gasteiger partial charge in [-0.2, -0.15) is 0 Å². The van der Waals surface area contributed by atoms with E-state index in [0.717, 1.165) is 0 Å². The van der Waals surface area contributed by atoms with Gasteiger partial charge in [0.15, 0.2) is 0 Å². The Balaban J connectivity index is 0.00000121. The van der Waals surface area contributed by atoms with Gasteiger partial charge >= 0.3 is 0 Å². The van der Waals surface area contributed by atoms with Crippen LogP contribution in [0.25, 0.3) is 0 Å². The molecule has 68 valence electrons. The highest BCUT2D eigenvalue weighted by atomic mass is 35.5. The van der Waals surface area contributed by atoms with Crippen LogP contribution in [0.15, 0.2) is 18.3 Å². The van der Waals surface area contributed by atoms with Crippen molar-refractivity contribution in [3.05, 3.63) is 24.0 Å². The van der Waals surface area contributed by atoms with E-state index in [1.54, 1.807) is 12.3 Å². The summed E-state index contributed by atoms with van der Waals surface area (Å²) in [6, 6.07) is 3.14. The largest absolute Gasteiger partial charge is 0.506 e. The molecular weight excluding hydrogens is 178 g/mol. The average Bonchev–Trinajstić information content (AvgIpc) is 2.04. The zero-order valence-corrected chi connectivity index (χ0v) is 7.58. The molecule has 1 rings (SSSR count). The number of aliphatic hydroxyl groups is 1. The van der Waals surface area contributed by atoms with Gasteiger partial charge < -0.3 is 10.2 Å². The molecule has 1 atom stereocenters. The van der Waals surface area contributed by atoms with E-state index in [-0.39, 0.29) is 18.2 Å². The van der Waals surface area contributed by atoms with Crippen LogP contribution in [0.4, 0.5) is 0 Å². The summed E-state index contributed by atoms with van der Waals surface area (Å²) in [5, 5.41) is 18.5. The van der Waals surface area contributed by atoms with Crippen molar-refractivity contribution in [2.24, 2.45) is 0 Å². The number of pyridine rings is 1. The van der Waals surface area contributed by atoms with Crippen LogP contribution in [0.5, 0.6) is 5.75 Å². The third-order valence-electron chi connectivity index (χ3n) is 1.52. The standard InChI is InChI=1S/C8H11NO2.ClH/c1-2-6(10)8-7(11)4-3-5-9-8;/h3-6,10-11H,2H2,1H3;1H. The van der Waals surface area contributed by atoms with Crippen LogP contribution in [-0.2, 0) is 0 Å². The lowest BCUT2D eigenvalue weighted by Gasteiger charge is -2.07. The molecule has 3 nitrogen and oxygen atoms in total. The third kappa shape index (κ3) is 2.36. The van der Waals surface area contributed by atoms with Gasteiger partial charge in [0.25, 0.3) is 0 Å². The van der Waals surface area contributed by atoms with Gasteiger partial charge in [-0.25, -0.2) is 0 Å². The summed E-state index contributed by atoms with van der Waals surface area (Å²) >= 11 is 0. The Kier molecular flexibility index (Phi) is 4.62. The van der Waals surface area contributed by atoms with Gasteiger partial charge in [-0.15, -0.1) is 12.4 Å². The Labute approximate surface area is 77.5 Å². The first-order valence-corrected chi connectivity index (χ1v) is 3.57. The highest BCUT2D eigenvalue weighted by Gasteiger charge is 2.09. The Morgan fingerprint density at radius 1 is 1.58 bits per heavy atom. The van der Waals surface area contributed by atoms with Crippen LogP contribution in [0.3, 0.4) is 0 Å². The predicted molar refractivity (Wildman–Crippen MR) is 48.4 cm³/mol. The van der Waals surface area contributed by atoms with E-state index in [4.69, 9.17) is 0 Å². The third-order valence-corrected chi connectivity index (χ3v) is 1.52. The normalized spacial score (nSPS) is 11.8. The zero-order chi connectivity index (χ0) is 8.27. The summed E-state index contributed by atoms with van der Waals surface area (Å²) < 4.78 is 0. The van der Waals surface area contributed by atoms with Crippen molar-refractivity contribution in [2.75, 3.05) is 0 Å². The number of aliphatic hydroxyl groups excluding tert-OH is 1. The molecule has 0 aromatic carbocycles. The van der Waals surface area contributed by atoms with E-state index in [9.17, 15) is 10.2 Å². The quantitative estimate of drug-likeness (QED) is 0.744. The van der Waals surface area contributed by atoms with Crippen molar-refractivity contribution in [2.45, 2.75) is 19.4 Å². The van der Waals surface area contributed by atoms with Crippen molar-refractivity contribution >= 4 is 12.4 Å². The molecule has 0 aliphatic heterocycles. The molecule has 1 aromatic heterocycles. The highest BCUT2D eigenvalue weighted by Crippen LogP contribution is 2.22. The van der Waals surface area contributed by atoms with Crippen molar-refractivity contribution in [1.29, 1.82) is 0 Å². The Morgan fingerprint density at radius 3 is 2.75 bits per heavy atom. The number of halogens is 1. The molecule has 12 heavy (non-hydrogen) atoms. The fourth-order valence-corrected chi connectivity index (χ4v) is 0.859. The molecule has 0 aliphatic carbocycles. The first kappa shape index (κ1) is 11.2. The smallest absolute Gasteiger partial charge is 0.139 e. The van der Waals surface area contributed by atoms with Crippen LogP contribution in [0.1, 0.15) is 25.1 Å². The highest BCUT2D eigenvalue weighted by molar-refractivity contribution is 5.85. The molecule has 0 radical (unpaired) electrons. The zero-order valence-electron chi connectivity index (χ0n) is 6.77. The molecule has 0 aliphatic rings. The molecule has 1 heterocycles. The fraction of sp³-hybridized carbons (Fsp3) is 0.375. The topological polar surface area (TPSA) is 53.4 Å². The summed E-state index contributed by atoms with van der Waals surface area (Å²) in [5.41, 5.74) is 0.356. The summed E-state index contributed by atoms with van der Waals surface area (Å²) in [6.45, 7) is 1.83. The van der Waals surface area contributed by atoms with E-state index in [2.05, 4.69) is 4.98 Å². The Bertz CT molecular complexity index is 242. The lowest BCUT2D eigenvalue weighted by Crippen LogP contribution is -1.98. The molecular formula is C8H12ClNO2. The summed E-state index contributed by atoms with van der Waals surface area (Å²) in [4.78, 5) is 3.85. The van der Waals surface area contributed by atoms with Crippen LogP contribution in [0.2, 0.25) is 0 Å². The van der Waals surface area contributed by atoms with Crippen LogP contribution < -0.4 is 0 Å². The van der Waals surface area contributed by atoms with Gasteiger partial charge in [-0.1, -0.05) is 6.92 Å². The number of hydrogen-bond acceptors (Lipinski definition) is 3. The second-order valence-corrected chi connectivity index (χ2v) is 2.33. The molecule has 1 unspecified atom stereocenters. The molecule has 0 saturated carbocycles. The van der Waals surface area contributed by atoms with E-state index in [0.29, 0.717) is 12.1 Å². The maximum absolute atomic E-state index is 9.29. The van der Waals surface area contributed by atoms with E-state index in [1.165, 1.54) is 6.07 Å². The second kappa shape index (κ2) is 4.95. The Morgan fingerprint density at radius 2 is 2.25 bits per heavy atom. The maximum Gasteiger partial charge on any atom is 0.139 e. The number of rotatable bonds is 2. The number of aromatic nitrogens is 1. The van der Waals surface area contributed by atoms with Gasteiger partial charge in [0.1, 0.15) is 11.4 Å². The molecule has 2 N–H and O–H groups in total. The monoisotopic (exact) mass is 189 g/mol. The molecule has 0 bridgehead atoms. The number of hydrogen-bond donors (Lipinski definition) is 2. The molecule has 0 fully saturated rings. The predicted octanol–water partition coefficient (Wildman–Crippen LogP) is 1.65. The minimum atomic E-state index is -0.656. The van der Waals surface area contributed by atoms with Gasteiger partial charge in [-0.3, -0.25) is 4.98 Å². The molecule has 4 heteroatoms. The average molecular weight is 190 g/mol. The lowest BCUT2D eigenvalue weighted by molar-refractivity contribution is 0.164. The van der Waals surface area contributed by atoms with Gasteiger partial charge in [-0.05, 0) is 18.6 Å². The summed E-state index contributed by atoms with van der Waals surface area (Å²) in [6.07, 6.45) is 1.45. The lowest BCUT2D eigenvalue weighted by atomic mass is 10.2. The Hall–Kier alpha value is -0.800.